The van der Waals surface area contributed by atoms with Gasteiger partial charge >= 0.3 is 6.03 Å². The topological polar surface area (TPSA) is 79.2 Å². The van der Waals surface area contributed by atoms with Gasteiger partial charge in [-0.05, 0) is 51.0 Å². The zero-order valence-electron chi connectivity index (χ0n) is 14.1. The Kier molecular flexibility index (Phi) is 4.85. The third-order valence-electron chi connectivity index (χ3n) is 4.57. The van der Waals surface area contributed by atoms with Crippen molar-refractivity contribution < 1.29 is 9.90 Å². The average molecular weight is 328 g/mol. The van der Waals surface area contributed by atoms with Gasteiger partial charge in [0.2, 0.25) is 0 Å². The van der Waals surface area contributed by atoms with Crippen LogP contribution < -0.4 is 10.6 Å². The van der Waals surface area contributed by atoms with Gasteiger partial charge < -0.3 is 15.7 Å². The Morgan fingerprint density at radius 3 is 2.88 bits per heavy atom. The number of aliphatic hydroxyl groups excluding tert-OH is 1. The lowest BCUT2D eigenvalue weighted by Gasteiger charge is -2.19. The van der Waals surface area contributed by atoms with Gasteiger partial charge in [0.05, 0.1) is 11.4 Å². The van der Waals surface area contributed by atoms with Crippen molar-refractivity contribution in [2.24, 2.45) is 5.92 Å². The maximum absolute atomic E-state index is 12.2. The highest BCUT2D eigenvalue weighted by atomic mass is 16.3. The summed E-state index contributed by atoms with van der Waals surface area (Å²) in [4.78, 5) is 12.2. The number of amides is 2. The van der Waals surface area contributed by atoms with E-state index < -0.39 is 0 Å². The van der Waals surface area contributed by atoms with Crippen molar-refractivity contribution in [2.75, 3.05) is 11.9 Å². The second-order valence-corrected chi connectivity index (χ2v) is 6.47. The summed E-state index contributed by atoms with van der Waals surface area (Å²) >= 11 is 0. The molecule has 0 radical (unpaired) electrons. The van der Waals surface area contributed by atoms with Gasteiger partial charge in [-0.2, -0.15) is 5.10 Å². The summed E-state index contributed by atoms with van der Waals surface area (Å²) in [6, 6.07) is 9.45. The summed E-state index contributed by atoms with van der Waals surface area (Å²) in [6.07, 6.45) is 2.93. The van der Waals surface area contributed by atoms with Crippen molar-refractivity contribution in [3.05, 3.63) is 41.7 Å². The number of rotatable bonds is 4. The third-order valence-corrected chi connectivity index (χ3v) is 4.57. The molecule has 6 nitrogen and oxygen atoms in total. The first kappa shape index (κ1) is 16.5. The summed E-state index contributed by atoms with van der Waals surface area (Å²) in [5.74, 6) is 0.164. The minimum atomic E-state index is -0.231. The Morgan fingerprint density at radius 2 is 2.17 bits per heavy atom. The lowest BCUT2D eigenvalue weighted by molar-refractivity contribution is 0.203. The molecule has 24 heavy (non-hydrogen) atoms. The second kappa shape index (κ2) is 7.05. The molecular formula is C18H24N4O2. The molecule has 128 valence electrons. The Balaban J connectivity index is 1.68. The molecule has 0 spiro atoms. The Morgan fingerprint density at radius 1 is 1.33 bits per heavy atom. The maximum atomic E-state index is 12.2. The fraction of sp³-hybridized carbons (Fsp3) is 0.444. The van der Waals surface area contributed by atoms with E-state index in [-0.39, 0.29) is 24.6 Å². The van der Waals surface area contributed by atoms with Crippen LogP contribution in [0.2, 0.25) is 0 Å². The number of aryl methyl sites for hydroxylation is 2. The van der Waals surface area contributed by atoms with Crippen LogP contribution in [0, 0.1) is 19.8 Å². The van der Waals surface area contributed by atoms with Crippen LogP contribution in [0.25, 0.3) is 5.69 Å². The highest BCUT2D eigenvalue weighted by Crippen LogP contribution is 2.25. The highest BCUT2D eigenvalue weighted by Gasteiger charge is 2.27. The number of anilines is 1. The number of carbonyl (C=O) groups excluding carboxylic acids is 1. The van der Waals surface area contributed by atoms with Crippen molar-refractivity contribution in [1.29, 1.82) is 0 Å². The molecule has 0 bridgehead atoms. The molecule has 0 unspecified atom stereocenters. The zero-order valence-corrected chi connectivity index (χ0v) is 14.1. The normalized spacial score (nSPS) is 20.1. The molecular weight excluding hydrogens is 304 g/mol. The molecule has 1 saturated carbocycles. The number of benzene rings is 1. The summed E-state index contributed by atoms with van der Waals surface area (Å²) in [5, 5.41) is 19.7. The number of hydrogen-bond acceptors (Lipinski definition) is 3. The number of urea groups is 1. The first-order valence-corrected chi connectivity index (χ1v) is 8.39. The third kappa shape index (κ3) is 3.59. The van der Waals surface area contributed by atoms with E-state index in [1.807, 2.05) is 48.9 Å². The first-order valence-electron chi connectivity index (χ1n) is 8.39. The SMILES string of the molecule is Cc1cc(C)n(-c2cccc(NC(=O)N[C@H]3CCC[C@@H]3CO)c2)n1. The van der Waals surface area contributed by atoms with Crippen molar-refractivity contribution in [3.8, 4) is 5.69 Å². The number of aromatic nitrogens is 2. The van der Waals surface area contributed by atoms with E-state index in [4.69, 9.17) is 0 Å². The van der Waals surface area contributed by atoms with Crippen LogP contribution in [0.3, 0.4) is 0 Å². The van der Waals surface area contributed by atoms with Gasteiger partial charge in [-0.25, -0.2) is 9.48 Å². The van der Waals surface area contributed by atoms with Crippen LogP contribution in [-0.4, -0.2) is 33.6 Å². The minimum Gasteiger partial charge on any atom is -0.396 e. The van der Waals surface area contributed by atoms with Gasteiger partial charge in [0.15, 0.2) is 0 Å². The smallest absolute Gasteiger partial charge is 0.319 e. The molecule has 1 aliphatic carbocycles. The van der Waals surface area contributed by atoms with E-state index in [9.17, 15) is 9.90 Å². The van der Waals surface area contributed by atoms with Crippen LogP contribution in [0.5, 0.6) is 0 Å². The quantitative estimate of drug-likeness (QED) is 0.807. The first-order chi connectivity index (χ1) is 11.6. The van der Waals surface area contributed by atoms with E-state index in [1.54, 1.807) is 0 Å². The largest absolute Gasteiger partial charge is 0.396 e. The molecule has 1 aromatic heterocycles. The van der Waals surface area contributed by atoms with Gasteiger partial charge in [-0.1, -0.05) is 12.5 Å². The molecule has 1 heterocycles. The number of nitrogens with one attached hydrogen (secondary N) is 2. The fourth-order valence-electron chi connectivity index (χ4n) is 3.39. The lowest BCUT2D eigenvalue weighted by Crippen LogP contribution is -2.41. The van der Waals surface area contributed by atoms with E-state index in [0.717, 1.165) is 42.0 Å². The number of nitrogens with zero attached hydrogens (tertiary/aromatic N) is 2. The number of carbonyl (C=O) groups is 1. The molecule has 2 aromatic rings. The highest BCUT2D eigenvalue weighted by molar-refractivity contribution is 5.89. The van der Waals surface area contributed by atoms with Gasteiger partial charge in [0.25, 0.3) is 0 Å². The molecule has 2 atom stereocenters. The van der Waals surface area contributed by atoms with E-state index in [2.05, 4.69) is 15.7 Å². The molecule has 0 aliphatic heterocycles. The number of aliphatic hydroxyl groups is 1. The standard InChI is InChI=1S/C18H24N4O2/c1-12-9-13(2)22(21-12)16-7-4-6-15(10-16)19-18(24)20-17-8-3-5-14(17)11-23/h4,6-7,9-10,14,17,23H,3,5,8,11H2,1-2H3,(H2,19,20,24)/t14-,17+/m1/s1. The molecule has 6 heteroatoms. The zero-order chi connectivity index (χ0) is 17.1. The molecule has 0 saturated heterocycles. The van der Waals surface area contributed by atoms with Gasteiger partial charge in [-0.15, -0.1) is 0 Å². The van der Waals surface area contributed by atoms with Gasteiger partial charge in [-0.3, -0.25) is 0 Å². The maximum Gasteiger partial charge on any atom is 0.319 e. The summed E-state index contributed by atoms with van der Waals surface area (Å²) in [7, 11) is 0. The molecule has 3 N–H and O–H groups in total. The second-order valence-electron chi connectivity index (χ2n) is 6.47. The van der Waals surface area contributed by atoms with E-state index in [0.29, 0.717) is 0 Å². The molecule has 1 aliphatic rings. The monoisotopic (exact) mass is 328 g/mol. The van der Waals surface area contributed by atoms with Crippen LogP contribution in [0.15, 0.2) is 30.3 Å². The van der Waals surface area contributed by atoms with Crippen molar-refractivity contribution in [1.82, 2.24) is 15.1 Å². The van der Waals surface area contributed by atoms with Crippen molar-refractivity contribution in [2.45, 2.75) is 39.2 Å². The molecule has 1 fully saturated rings. The Labute approximate surface area is 141 Å². The van der Waals surface area contributed by atoms with Gasteiger partial charge in [0, 0.05) is 29.9 Å². The Hall–Kier alpha value is -2.34. The molecule has 3 rings (SSSR count). The molecule has 1 aromatic carbocycles. The van der Waals surface area contributed by atoms with Crippen LogP contribution in [0.1, 0.15) is 30.7 Å². The summed E-state index contributed by atoms with van der Waals surface area (Å²) in [5.41, 5.74) is 3.63. The van der Waals surface area contributed by atoms with Gasteiger partial charge in [0.1, 0.15) is 0 Å². The van der Waals surface area contributed by atoms with Crippen LogP contribution >= 0.6 is 0 Å². The van der Waals surface area contributed by atoms with E-state index >= 15 is 0 Å². The lowest BCUT2D eigenvalue weighted by atomic mass is 10.1. The number of hydrogen-bond donors (Lipinski definition) is 3. The minimum absolute atomic E-state index is 0.0502. The van der Waals surface area contributed by atoms with E-state index in [1.165, 1.54) is 0 Å². The van der Waals surface area contributed by atoms with Crippen molar-refractivity contribution in [3.63, 3.8) is 0 Å². The van der Waals surface area contributed by atoms with Crippen LogP contribution in [0.4, 0.5) is 10.5 Å². The average Bonchev–Trinajstić information content (AvgIpc) is 3.13. The van der Waals surface area contributed by atoms with Crippen LogP contribution in [-0.2, 0) is 0 Å². The predicted molar refractivity (Wildman–Crippen MR) is 93.4 cm³/mol. The predicted octanol–water partition coefficient (Wildman–Crippen LogP) is 2.77. The Bertz CT molecular complexity index is 726. The fourth-order valence-corrected chi connectivity index (χ4v) is 3.39. The van der Waals surface area contributed by atoms with Crippen molar-refractivity contribution >= 4 is 11.7 Å². The molecule has 2 amide bonds. The summed E-state index contributed by atoms with van der Waals surface area (Å²) in [6.45, 7) is 4.08. The summed E-state index contributed by atoms with van der Waals surface area (Å²) < 4.78 is 1.86.